The first-order chi connectivity index (χ1) is 8.27. The zero-order chi connectivity index (χ0) is 12.1. The third-order valence-electron chi connectivity index (χ3n) is 3.01. The molecule has 2 fully saturated rings. The summed E-state index contributed by atoms with van der Waals surface area (Å²) in [4.78, 5) is 24.0. The van der Waals surface area contributed by atoms with Gasteiger partial charge in [0.15, 0.2) is 0 Å². The standard InChI is InChI=1S/C11H18N2O4/c14-10-7-16-8-11(15)13(10)5-6-17-9-1-3-12-4-2-9/h9,12H,1-8H2. The van der Waals surface area contributed by atoms with E-state index in [4.69, 9.17) is 9.47 Å². The first-order valence-corrected chi connectivity index (χ1v) is 6.00. The van der Waals surface area contributed by atoms with Crippen LogP contribution in [0.3, 0.4) is 0 Å². The summed E-state index contributed by atoms with van der Waals surface area (Å²) in [5, 5.41) is 3.25. The van der Waals surface area contributed by atoms with Gasteiger partial charge in [0.1, 0.15) is 13.2 Å². The second-order valence-electron chi connectivity index (χ2n) is 4.25. The average Bonchev–Trinajstić information content (AvgIpc) is 2.34. The smallest absolute Gasteiger partial charge is 0.255 e. The van der Waals surface area contributed by atoms with Gasteiger partial charge in [0.05, 0.1) is 19.3 Å². The molecule has 0 saturated carbocycles. The highest BCUT2D eigenvalue weighted by atomic mass is 16.5. The van der Waals surface area contributed by atoms with Crippen LogP contribution < -0.4 is 5.32 Å². The van der Waals surface area contributed by atoms with Crippen molar-refractivity contribution < 1.29 is 19.1 Å². The Morgan fingerprint density at radius 2 is 1.88 bits per heavy atom. The minimum atomic E-state index is -0.268. The molecule has 0 aromatic rings. The average molecular weight is 242 g/mol. The van der Waals surface area contributed by atoms with E-state index in [1.807, 2.05) is 0 Å². The molecule has 2 saturated heterocycles. The maximum atomic E-state index is 11.4. The van der Waals surface area contributed by atoms with Crippen molar-refractivity contribution >= 4 is 11.8 Å². The number of amides is 2. The second-order valence-corrected chi connectivity index (χ2v) is 4.25. The van der Waals surface area contributed by atoms with Gasteiger partial charge in [-0.15, -0.1) is 0 Å². The van der Waals surface area contributed by atoms with E-state index in [0.717, 1.165) is 25.9 Å². The molecule has 17 heavy (non-hydrogen) atoms. The highest BCUT2D eigenvalue weighted by Crippen LogP contribution is 2.07. The molecule has 0 aromatic heterocycles. The van der Waals surface area contributed by atoms with Gasteiger partial charge in [-0.1, -0.05) is 0 Å². The Hall–Kier alpha value is -0.980. The number of hydrogen-bond donors (Lipinski definition) is 1. The van der Waals surface area contributed by atoms with E-state index in [0.29, 0.717) is 13.2 Å². The fourth-order valence-corrected chi connectivity index (χ4v) is 2.04. The van der Waals surface area contributed by atoms with Crippen molar-refractivity contribution in [3.8, 4) is 0 Å². The van der Waals surface area contributed by atoms with Gasteiger partial charge in [0, 0.05) is 0 Å². The zero-order valence-electron chi connectivity index (χ0n) is 9.81. The number of rotatable bonds is 4. The summed E-state index contributed by atoms with van der Waals surface area (Å²) >= 11 is 0. The summed E-state index contributed by atoms with van der Waals surface area (Å²) in [7, 11) is 0. The number of nitrogens with zero attached hydrogens (tertiary/aromatic N) is 1. The topological polar surface area (TPSA) is 67.9 Å². The quantitative estimate of drug-likeness (QED) is 0.650. The molecule has 6 nitrogen and oxygen atoms in total. The molecule has 2 amide bonds. The first kappa shape index (κ1) is 12.5. The van der Waals surface area contributed by atoms with Gasteiger partial charge in [-0.05, 0) is 25.9 Å². The Bertz CT molecular complexity index is 273. The van der Waals surface area contributed by atoms with Gasteiger partial charge in [0.2, 0.25) is 0 Å². The molecule has 96 valence electrons. The number of piperidine rings is 1. The van der Waals surface area contributed by atoms with Crippen LogP contribution in [-0.2, 0) is 19.1 Å². The summed E-state index contributed by atoms with van der Waals surface area (Å²) in [5.74, 6) is -0.537. The Morgan fingerprint density at radius 1 is 1.24 bits per heavy atom. The highest BCUT2D eigenvalue weighted by Gasteiger charge is 2.26. The van der Waals surface area contributed by atoms with Crippen LogP contribution in [-0.4, -0.2) is 62.3 Å². The summed E-state index contributed by atoms with van der Waals surface area (Å²) in [6.07, 6.45) is 2.23. The molecule has 0 aliphatic carbocycles. The summed E-state index contributed by atoms with van der Waals surface area (Å²) in [6, 6.07) is 0. The van der Waals surface area contributed by atoms with Gasteiger partial charge < -0.3 is 14.8 Å². The second kappa shape index (κ2) is 6.09. The summed E-state index contributed by atoms with van der Waals surface area (Å²) in [6.45, 7) is 2.70. The van der Waals surface area contributed by atoms with Crippen molar-refractivity contribution in [2.24, 2.45) is 0 Å². The Kier molecular flexibility index (Phi) is 4.47. The monoisotopic (exact) mass is 242 g/mol. The van der Waals surface area contributed by atoms with E-state index >= 15 is 0 Å². The normalized spacial score (nSPS) is 23.2. The van der Waals surface area contributed by atoms with Crippen LogP contribution in [0.25, 0.3) is 0 Å². The lowest BCUT2D eigenvalue weighted by atomic mass is 10.1. The summed E-state index contributed by atoms with van der Waals surface area (Å²) in [5.41, 5.74) is 0. The van der Waals surface area contributed by atoms with Crippen molar-refractivity contribution in [3.05, 3.63) is 0 Å². The van der Waals surface area contributed by atoms with Gasteiger partial charge >= 0.3 is 0 Å². The van der Waals surface area contributed by atoms with E-state index in [1.54, 1.807) is 0 Å². The van der Waals surface area contributed by atoms with E-state index in [9.17, 15) is 9.59 Å². The van der Waals surface area contributed by atoms with Crippen LogP contribution in [0, 0.1) is 0 Å². The SMILES string of the molecule is O=C1COCC(=O)N1CCOC1CCNCC1. The number of morpholine rings is 1. The van der Waals surface area contributed by atoms with Crippen LogP contribution in [0.1, 0.15) is 12.8 Å². The molecule has 0 atom stereocenters. The fourth-order valence-electron chi connectivity index (χ4n) is 2.04. The number of hydrogen-bond acceptors (Lipinski definition) is 5. The molecular weight excluding hydrogens is 224 g/mol. The van der Waals surface area contributed by atoms with Crippen molar-refractivity contribution in [1.29, 1.82) is 0 Å². The third kappa shape index (κ3) is 3.49. The highest BCUT2D eigenvalue weighted by molar-refractivity contribution is 5.98. The molecule has 0 radical (unpaired) electrons. The number of carbonyl (C=O) groups excluding carboxylic acids is 2. The van der Waals surface area contributed by atoms with Crippen LogP contribution in [0.15, 0.2) is 0 Å². The number of nitrogens with one attached hydrogen (secondary N) is 1. The number of imide groups is 1. The van der Waals surface area contributed by atoms with Gasteiger partial charge in [-0.2, -0.15) is 0 Å². The minimum absolute atomic E-state index is 0.000904. The molecule has 0 spiro atoms. The first-order valence-electron chi connectivity index (χ1n) is 6.00. The molecule has 2 aliphatic heterocycles. The van der Waals surface area contributed by atoms with E-state index in [2.05, 4.69) is 5.32 Å². The van der Waals surface area contributed by atoms with E-state index in [-0.39, 0.29) is 31.1 Å². The van der Waals surface area contributed by atoms with Crippen LogP contribution >= 0.6 is 0 Å². The van der Waals surface area contributed by atoms with Crippen molar-refractivity contribution in [3.63, 3.8) is 0 Å². The van der Waals surface area contributed by atoms with E-state index in [1.165, 1.54) is 4.90 Å². The minimum Gasteiger partial charge on any atom is -0.376 e. The van der Waals surface area contributed by atoms with E-state index < -0.39 is 0 Å². The molecule has 1 N–H and O–H groups in total. The maximum Gasteiger partial charge on any atom is 0.255 e. The fraction of sp³-hybridized carbons (Fsp3) is 0.818. The Balaban J connectivity index is 1.69. The lowest BCUT2D eigenvalue weighted by molar-refractivity contribution is -0.159. The molecule has 2 heterocycles. The molecule has 6 heteroatoms. The molecule has 0 bridgehead atoms. The predicted molar refractivity (Wildman–Crippen MR) is 59.4 cm³/mol. The Morgan fingerprint density at radius 3 is 2.53 bits per heavy atom. The Labute approximate surface area is 100 Å². The van der Waals surface area contributed by atoms with Crippen LogP contribution in [0.4, 0.5) is 0 Å². The lowest BCUT2D eigenvalue weighted by Crippen LogP contribution is -2.47. The third-order valence-corrected chi connectivity index (χ3v) is 3.01. The maximum absolute atomic E-state index is 11.4. The van der Waals surface area contributed by atoms with Crippen LogP contribution in [0.2, 0.25) is 0 Å². The van der Waals surface area contributed by atoms with Gasteiger partial charge in [-0.25, -0.2) is 0 Å². The zero-order valence-corrected chi connectivity index (χ0v) is 9.81. The van der Waals surface area contributed by atoms with Gasteiger partial charge in [-0.3, -0.25) is 14.5 Å². The van der Waals surface area contributed by atoms with Crippen molar-refractivity contribution in [2.75, 3.05) is 39.5 Å². The summed E-state index contributed by atoms with van der Waals surface area (Å²) < 4.78 is 10.5. The lowest BCUT2D eigenvalue weighted by Gasteiger charge is -2.27. The van der Waals surface area contributed by atoms with Gasteiger partial charge in [0.25, 0.3) is 11.8 Å². The molecular formula is C11H18N2O4. The largest absolute Gasteiger partial charge is 0.376 e. The predicted octanol–water partition coefficient (Wildman–Crippen LogP) is -0.860. The molecule has 0 aromatic carbocycles. The van der Waals surface area contributed by atoms with Crippen LogP contribution in [0.5, 0.6) is 0 Å². The molecule has 2 rings (SSSR count). The van der Waals surface area contributed by atoms with Crippen molar-refractivity contribution in [1.82, 2.24) is 10.2 Å². The molecule has 2 aliphatic rings. The van der Waals surface area contributed by atoms with Crippen molar-refractivity contribution in [2.45, 2.75) is 18.9 Å². The number of ether oxygens (including phenoxy) is 2. The molecule has 0 unspecified atom stereocenters. The number of carbonyl (C=O) groups is 2.